The molecular weight excluding hydrogens is 430 g/mol. The molecule has 7 nitrogen and oxygen atoms in total. The van der Waals surface area contributed by atoms with Crippen LogP contribution in [0.3, 0.4) is 0 Å². The molecule has 7 heteroatoms. The lowest BCUT2D eigenvalue weighted by atomic mass is 9.86. The lowest BCUT2D eigenvalue weighted by molar-refractivity contribution is -0.158. The first-order chi connectivity index (χ1) is 16.6. The number of hydrogen-bond acceptors (Lipinski definition) is 4. The van der Waals surface area contributed by atoms with Crippen LogP contribution in [-0.2, 0) is 16.0 Å². The summed E-state index contributed by atoms with van der Waals surface area (Å²) in [5.41, 5.74) is 3.97. The number of unbranched alkanes of at least 4 members (excludes halogenated alkanes) is 1. The average molecular weight is 462 g/mol. The van der Waals surface area contributed by atoms with Crippen molar-refractivity contribution in [1.29, 1.82) is 0 Å². The molecule has 0 unspecified atom stereocenters. The van der Waals surface area contributed by atoms with E-state index in [1.165, 1.54) is 0 Å². The molecular formula is C27H31N3O4. The van der Waals surface area contributed by atoms with Crippen molar-refractivity contribution < 1.29 is 19.1 Å². The number of hydrogen-bond donors (Lipinski definition) is 1. The Balaban J connectivity index is 1.65. The Hall–Kier alpha value is -3.48. The summed E-state index contributed by atoms with van der Waals surface area (Å²) < 4.78 is 11.3. The molecule has 0 radical (unpaired) electrons. The number of nitrogens with zero attached hydrogens (tertiary/aromatic N) is 2. The number of carbonyl (C=O) groups excluding carboxylic acids is 2. The van der Waals surface area contributed by atoms with E-state index in [4.69, 9.17) is 9.47 Å². The van der Waals surface area contributed by atoms with Crippen molar-refractivity contribution in [2.24, 2.45) is 0 Å². The highest BCUT2D eigenvalue weighted by Gasteiger charge is 2.48. The number of H-pyrrole nitrogens is 1. The van der Waals surface area contributed by atoms with Gasteiger partial charge >= 0.3 is 0 Å². The highest BCUT2D eigenvalue weighted by atomic mass is 16.5. The third-order valence-corrected chi connectivity index (χ3v) is 6.93. The largest absolute Gasteiger partial charge is 0.493 e. The van der Waals surface area contributed by atoms with E-state index in [2.05, 4.69) is 18.0 Å². The number of para-hydroxylation sites is 1. The van der Waals surface area contributed by atoms with Crippen LogP contribution in [0.15, 0.2) is 42.5 Å². The summed E-state index contributed by atoms with van der Waals surface area (Å²) in [7, 11) is 1.61. The van der Waals surface area contributed by atoms with Crippen LogP contribution in [-0.4, -0.2) is 59.4 Å². The molecule has 2 aliphatic rings. The summed E-state index contributed by atoms with van der Waals surface area (Å²) in [5, 5.41) is 1.10. The second-order valence-electron chi connectivity index (χ2n) is 8.94. The predicted octanol–water partition coefficient (Wildman–Crippen LogP) is 4.06. The van der Waals surface area contributed by atoms with Gasteiger partial charge in [0.05, 0.1) is 26.3 Å². The van der Waals surface area contributed by atoms with Gasteiger partial charge < -0.3 is 24.3 Å². The van der Waals surface area contributed by atoms with Crippen molar-refractivity contribution in [1.82, 2.24) is 14.8 Å². The molecule has 0 spiro atoms. The highest BCUT2D eigenvalue weighted by Crippen LogP contribution is 2.44. The number of benzene rings is 2. The Morgan fingerprint density at radius 2 is 1.91 bits per heavy atom. The molecule has 3 heterocycles. The SMILES string of the molecule is CCCCN1CC(=O)N2[C@@H](c3ccc(OCC)c(OC)c3)c3[nH]c4ccccc4c3C[C@H]2C1=O. The van der Waals surface area contributed by atoms with Crippen LogP contribution in [0.2, 0.25) is 0 Å². The summed E-state index contributed by atoms with van der Waals surface area (Å²) >= 11 is 0. The van der Waals surface area contributed by atoms with E-state index >= 15 is 0 Å². The number of methoxy groups -OCH3 is 1. The van der Waals surface area contributed by atoms with Crippen LogP contribution in [0.25, 0.3) is 10.9 Å². The minimum absolute atomic E-state index is 0.0251. The number of amides is 2. The summed E-state index contributed by atoms with van der Waals surface area (Å²) in [6, 6.07) is 13.0. The number of nitrogens with one attached hydrogen (secondary N) is 1. The van der Waals surface area contributed by atoms with Gasteiger partial charge in [0.25, 0.3) is 0 Å². The van der Waals surface area contributed by atoms with E-state index in [-0.39, 0.29) is 18.4 Å². The van der Waals surface area contributed by atoms with E-state index in [9.17, 15) is 9.59 Å². The normalized spacial score (nSPS) is 19.9. The third kappa shape index (κ3) is 3.59. The van der Waals surface area contributed by atoms with Gasteiger partial charge in [-0.3, -0.25) is 9.59 Å². The number of ether oxygens (including phenoxy) is 2. The lowest BCUT2D eigenvalue weighted by Gasteiger charge is -2.47. The fourth-order valence-corrected chi connectivity index (χ4v) is 5.34. The molecule has 1 fully saturated rings. The summed E-state index contributed by atoms with van der Waals surface area (Å²) in [6.07, 6.45) is 2.38. The zero-order valence-corrected chi connectivity index (χ0v) is 20.0. The van der Waals surface area contributed by atoms with Crippen LogP contribution < -0.4 is 9.47 Å². The zero-order valence-electron chi connectivity index (χ0n) is 20.0. The Kier molecular flexibility index (Phi) is 5.94. The molecule has 0 aliphatic carbocycles. The summed E-state index contributed by atoms with van der Waals surface area (Å²) in [4.78, 5) is 34.2. The molecule has 3 aromatic rings. The summed E-state index contributed by atoms with van der Waals surface area (Å²) in [6.45, 7) is 5.29. The van der Waals surface area contributed by atoms with Gasteiger partial charge in [-0.2, -0.15) is 0 Å². The minimum atomic E-state index is -0.521. The number of aromatic nitrogens is 1. The van der Waals surface area contributed by atoms with E-state index < -0.39 is 12.1 Å². The predicted molar refractivity (Wildman–Crippen MR) is 130 cm³/mol. The Labute approximate surface area is 199 Å². The molecule has 178 valence electrons. The molecule has 2 aromatic carbocycles. The van der Waals surface area contributed by atoms with Crippen molar-refractivity contribution in [3.8, 4) is 11.5 Å². The standard InChI is InChI=1S/C27H31N3O4/c1-4-6-13-29-16-24(31)30-21(27(29)32)15-19-18-9-7-8-10-20(18)28-25(19)26(30)17-11-12-22(34-5-2)23(14-17)33-3/h7-12,14,21,26,28H,4-6,13,15-16H2,1-3H3/t21-,26-/m0/s1. The average Bonchev–Trinajstić information content (AvgIpc) is 3.23. The smallest absolute Gasteiger partial charge is 0.246 e. The van der Waals surface area contributed by atoms with Crippen LogP contribution >= 0.6 is 0 Å². The first-order valence-electron chi connectivity index (χ1n) is 12.1. The molecule has 0 saturated carbocycles. The van der Waals surface area contributed by atoms with Crippen LogP contribution in [0.5, 0.6) is 11.5 Å². The quantitative estimate of drug-likeness (QED) is 0.576. The lowest BCUT2D eigenvalue weighted by Crippen LogP contribution is -2.63. The topological polar surface area (TPSA) is 74.9 Å². The van der Waals surface area contributed by atoms with Gasteiger partial charge in [-0.25, -0.2) is 0 Å². The van der Waals surface area contributed by atoms with Crippen molar-refractivity contribution in [3.63, 3.8) is 0 Å². The molecule has 1 aromatic heterocycles. The number of rotatable bonds is 7. The Morgan fingerprint density at radius 1 is 1.09 bits per heavy atom. The maximum absolute atomic E-state index is 13.6. The van der Waals surface area contributed by atoms with Gasteiger partial charge in [0.1, 0.15) is 6.04 Å². The van der Waals surface area contributed by atoms with Crippen LogP contribution in [0.1, 0.15) is 49.6 Å². The van der Waals surface area contributed by atoms with Crippen LogP contribution in [0, 0.1) is 0 Å². The molecule has 0 bridgehead atoms. The Morgan fingerprint density at radius 3 is 2.68 bits per heavy atom. The number of piperazine rings is 1. The highest BCUT2D eigenvalue weighted by molar-refractivity contribution is 5.97. The van der Waals surface area contributed by atoms with Crippen molar-refractivity contribution in [2.75, 3.05) is 26.8 Å². The molecule has 2 atom stereocenters. The fourth-order valence-electron chi connectivity index (χ4n) is 5.34. The van der Waals surface area contributed by atoms with Gasteiger partial charge in [0.15, 0.2) is 11.5 Å². The molecule has 5 rings (SSSR count). The third-order valence-electron chi connectivity index (χ3n) is 6.93. The van der Waals surface area contributed by atoms with Gasteiger partial charge in [-0.1, -0.05) is 37.6 Å². The van der Waals surface area contributed by atoms with Gasteiger partial charge in [-0.15, -0.1) is 0 Å². The first-order valence-corrected chi connectivity index (χ1v) is 12.1. The monoisotopic (exact) mass is 461 g/mol. The molecule has 2 aliphatic heterocycles. The molecule has 1 N–H and O–H groups in total. The summed E-state index contributed by atoms with van der Waals surface area (Å²) in [5.74, 6) is 1.28. The number of carbonyl (C=O) groups is 2. The van der Waals surface area contributed by atoms with E-state index in [1.807, 2.05) is 43.3 Å². The number of aromatic amines is 1. The molecule has 1 saturated heterocycles. The van der Waals surface area contributed by atoms with Crippen molar-refractivity contribution in [2.45, 2.75) is 45.2 Å². The first kappa shape index (κ1) is 22.3. The van der Waals surface area contributed by atoms with E-state index in [0.717, 1.165) is 40.6 Å². The van der Waals surface area contributed by atoms with Crippen molar-refractivity contribution >= 4 is 22.7 Å². The Bertz CT molecular complexity index is 1230. The van der Waals surface area contributed by atoms with Gasteiger partial charge in [0, 0.05) is 29.6 Å². The maximum atomic E-state index is 13.6. The molecule has 34 heavy (non-hydrogen) atoms. The van der Waals surface area contributed by atoms with E-state index in [1.54, 1.807) is 16.9 Å². The van der Waals surface area contributed by atoms with Crippen LogP contribution in [0.4, 0.5) is 0 Å². The second-order valence-corrected chi connectivity index (χ2v) is 8.94. The minimum Gasteiger partial charge on any atom is -0.493 e. The van der Waals surface area contributed by atoms with Gasteiger partial charge in [0.2, 0.25) is 11.8 Å². The fraction of sp³-hybridized carbons (Fsp3) is 0.407. The maximum Gasteiger partial charge on any atom is 0.246 e. The second kappa shape index (κ2) is 9.05. The van der Waals surface area contributed by atoms with Gasteiger partial charge in [-0.05, 0) is 42.7 Å². The number of fused-ring (bicyclic) bond motifs is 4. The molecule has 2 amide bonds. The van der Waals surface area contributed by atoms with E-state index in [0.29, 0.717) is 31.1 Å². The zero-order chi connectivity index (χ0) is 23.8. The van der Waals surface area contributed by atoms with Crippen molar-refractivity contribution in [3.05, 3.63) is 59.3 Å².